The minimum atomic E-state index is -0.872. The Morgan fingerprint density at radius 3 is 3.17 bits per heavy atom. The summed E-state index contributed by atoms with van der Waals surface area (Å²) in [5.74, 6) is -0.872. The van der Waals surface area contributed by atoms with Gasteiger partial charge < -0.3 is 21.1 Å². The molecule has 64 valence electrons. The van der Waals surface area contributed by atoms with Crippen molar-refractivity contribution in [2.75, 3.05) is 6.67 Å². The summed E-state index contributed by atoms with van der Waals surface area (Å²) in [6.45, 7) is 0.598. The third kappa shape index (κ3) is 0.903. The van der Waals surface area contributed by atoms with E-state index in [0.717, 1.165) is 5.70 Å². The number of hydrogen-bond acceptors (Lipinski definition) is 4. The summed E-state index contributed by atoms with van der Waals surface area (Å²) >= 11 is 0. The molecule has 0 aliphatic carbocycles. The molecule has 0 aromatic carbocycles. The van der Waals surface area contributed by atoms with Gasteiger partial charge in [-0.15, -0.1) is 0 Å². The summed E-state index contributed by atoms with van der Waals surface area (Å²) in [4.78, 5) is 10.7. The molecule has 0 aromatic rings. The van der Waals surface area contributed by atoms with E-state index < -0.39 is 12.0 Å². The van der Waals surface area contributed by atoms with Crippen molar-refractivity contribution < 1.29 is 9.90 Å². The maximum absolute atomic E-state index is 10.7. The molecule has 5 nitrogen and oxygen atoms in total. The monoisotopic (exact) mass is 167 g/mol. The highest BCUT2D eigenvalue weighted by molar-refractivity contribution is 5.78. The van der Waals surface area contributed by atoms with Crippen LogP contribution < -0.4 is 16.0 Å². The van der Waals surface area contributed by atoms with Gasteiger partial charge in [0.2, 0.25) is 0 Å². The van der Waals surface area contributed by atoms with E-state index in [-0.39, 0.29) is 0 Å². The van der Waals surface area contributed by atoms with Gasteiger partial charge in [0.1, 0.15) is 0 Å². The first-order valence-corrected chi connectivity index (χ1v) is 3.66. The standard InChI is InChI=1S/C7H9N3O2/c11-7(12)6-5-4(1-2-8-6)9-3-10-5/h1-2,6,8-10H,3H2,(H,11,12). The van der Waals surface area contributed by atoms with Crippen LogP contribution in [0.1, 0.15) is 0 Å². The molecule has 2 aliphatic rings. The van der Waals surface area contributed by atoms with Gasteiger partial charge in [-0.1, -0.05) is 0 Å². The first kappa shape index (κ1) is 7.02. The predicted octanol–water partition coefficient (Wildman–Crippen LogP) is -1.08. The fraction of sp³-hybridized carbons (Fsp3) is 0.286. The molecule has 1 atom stereocenters. The maximum Gasteiger partial charge on any atom is 0.332 e. The Morgan fingerprint density at radius 2 is 2.42 bits per heavy atom. The Kier molecular flexibility index (Phi) is 1.43. The number of carboxylic acids is 1. The average molecular weight is 167 g/mol. The van der Waals surface area contributed by atoms with Crippen molar-refractivity contribution in [1.82, 2.24) is 16.0 Å². The molecule has 0 amide bonds. The van der Waals surface area contributed by atoms with Crippen molar-refractivity contribution in [2.45, 2.75) is 6.04 Å². The number of carboxylic acid groups (broad SMARTS) is 1. The SMILES string of the molecule is O=C(O)C1NC=CC2=C1NCN2. The molecular weight excluding hydrogens is 158 g/mol. The lowest BCUT2D eigenvalue weighted by molar-refractivity contribution is -0.138. The highest BCUT2D eigenvalue weighted by Crippen LogP contribution is 2.13. The van der Waals surface area contributed by atoms with Crippen molar-refractivity contribution in [3.05, 3.63) is 23.7 Å². The molecule has 0 spiro atoms. The van der Waals surface area contributed by atoms with Crippen LogP contribution >= 0.6 is 0 Å². The highest BCUT2D eigenvalue weighted by atomic mass is 16.4. The first-order valence-electron chi connectivity index (χ1n) is 3.66. The Labute approximate surface area is 69.1 Å². The zero-order valence-corrected chi connectivity index (χ0v) is 6.29. The van der Waals surface area contributed by atoms with Gasteiger partial charge in [-0.3, -0.25) is 0 Å². The normalized spacial score (nSPS) is 25.5. The Morgan fingerprint density at radius 1 is 1.58 bits per heavy atom. The van der Waals surface area contributed by atoms with E-state index in [0.29, 0.717) is 12.4 Å². The average Bonchev–Trinajstić information content (AvgIpc) is 2.49. The van der Waals surface area contributed by atoms with Gasteiger partial charge >= 0.3 is 5.97 Å². The largest absolute Gasteiger partial charge is 0.479 e. The second-order valence-electron chi connectivity index (χ2n) is 2.63. The summed E-state index contributed by atoms with van der Waals surface area (Å²) in [5.41, 5.74) is 1.58. The van der Waals surface area contributed by atoms with Crippen LogP contribution in [-0.4, -0.2) is 23.8 Å². The third-order valence-corrected chi connectivity index (χ3v) is 1.90. The fourth-order valence-electron chi connectivity index (χ4n) is 1.34. The van der Waals surface area contributed by atoms with Crippen molar-refractivity contribution >= 4 is 5.97 Å². The predicted molar refractivity (Wildman–Crippen MR) is 41.9 cm³/mol. The quantitative estimate of drug-likeness (QED) is 0.400. The molecular formula is C7H9N3O2. The van der Waals surface area contributed by atoms with E-state index >= 15 is 0 Å². The smallest absolute Gasteiger partial charge is 0.332 e. The number of rotatable bonds is 1. The molecule has 0 saturated heterocycles. The molecule has 12 heavy (non-hydrogen) atoms. The van der Waals surface area contributed by atoms with Gasteiger partial charge in [-0.25, -0.2) is 4.79 Å². The van der Waals surface area contributed by atoms with Crippen LogP contribution in [0.3, 0.4) is 0 Å². The first-order chi connectivity index (χ1) is 5.79. The van der Waals surface area contributed by atoms with Crippen LogP contribution in [0.4, 0.5) is 0 Å². The topological polar surface area (TPSA) is 73.4 Å². The van der Waals surface area contributed by atoms with E-state index in [1.54, 1.807) is 6.20 Å². The number of nitrogens with one attached hydrogen (secondary N) is 3. The van der Waals surface area contributed by atoms with E-state index in [2.05, 4.69) is 16.0 Å². The second kappa shape index (κ2) is 2.44. The van der Waals surface area contributed by atoms with Crippen LogP contribution in [-0.2, 0) is 4.79 Å². The van der Waals surface area contributed by atoms with Crippen molar-refractivity contribution in [1.29, 1.82) is 0 Å². The molecule has 4 N–H and O–H groups in total. The minimum absolute atomic E-state index is 0.598. The number of carbonyl (C=O) groups is 1. The number of aliphatic carboxylic acids is 1. The maximum atomic E-state index is 10.7. The Balaban J connectivity index is 2.29. The van der Waals surface area contributed by atoms with Crippen LogP contribution in [0.5, 0.6) is 0 Å². The number of allylic oxidation sites excluding steroid dienone is 1. The van der Waals surface area contributed by atoms with Crippen molar-refractivity contribution in [3.63, 3.8) is 0 Å². The van der Waals surface area contributed by atoms with Crippen molar-refractivity contribution in [3.8, 4) is 0 Å². The molecule has 0 aromatic heterocycles. The van der Waals surface area contributed by atoms with Gasteiger partial charge in [0.05, 0.1) is 18.1 Å². The van der Waals surface area contributed by atoms with Gasteiger partial charge in [-0.2, -0.15) is 0 Å². The zero-order valence-electron chi connectivity index (χ0n) is 6.29. The Bertz CT molecular complexity index is 282. The molecule has 0 fully saturated rings. The van der Waals surface area contributed by atoms with E-state index in [9.17, 15) is 4.79 Å². The van der Waals surface area contributed by atoms with Gasteiger partial charge in [0, 0.05) is 0 Å². The van der Waals surface area contributed by atoms with E-state index in [1.807, 2.05) is 6.08 Å². The number of dihydropyridines is 1. The summed E-state index contributed by atoms with van der Waals surface area (Å²) in [6, 6.07) is -0.639. The molecule has 1 unspecified atom stereocenters. The van der Waals surface area contributed by atoms with Gasteiger partial charge in [-0.05, 0) is 12.3 Å². The van der Waals surface area contributed by atoms with E-state index in [4.69, 9.17) is 5.11 Å². The summed E-state index contributed by atoms with van der Waals surface area (Å²) in [6.07, 6.45) is 3.45. The molecule has 2 aliphatic heterocycles. The number of hydrogen-bond donors (Lipinski definition) is 4. The lowest BCUT2D eigenvalue weighted by Gasteiger charge is -2.17. The van der Waals surface area contributed by atoms with Crippen molar-refractivity contribution in [2.24, 2.45) is 0 Å². The summed E-state index contributed by atoms with van der Waals surface area (Å²) in [5, 5.41) is 17.5. The lowest BCUT2D eigenvalue weighted by atomic mass is 10.1. The summed E-state index contributed by atoms with van der Waals surface area (Å²) < 4.78 is 0. The Hall–Kier alpha value is -1.65. The van der Waals surface area contributed by atoms with Crippen LogP contribution in [0.15, 0.2) is 23.7 Å². The van der Waals surface area contributed by atoms with Crippen LogP contribution in [0, 0.1) is 0 Å². The minimum Gasteiger partial charge on any atom is -0.479 e. The zero-order chi connectivity index (χ0) is 8.55. The molecule has 0 saturated carbocycles. The summed E-state index contributed by atoms with van der Waals surface area (Å²) in [7, 11) is 0. The molecule has 0 radical (unpaired) electrons. The molecule has 2 heterocycles. The van der Waals surface area contributed by atoms with Crippen LogP contribution in [0.25, 0.3) is 0 Å². The second-order valence-corrected chi connectivity index (χ2v) is 2.63. The lowest BCUT2D eigenvalue weighted by Crippen LogP contribution is -2.40. The molecule has 2 rings (SSSR count). The highest BCUT2D eigenvalue weighted by Gasteiger charge is 2.28. The molecule has 0 bridgehead atoms. The fourth-order valence-corrected chi connectivity index (χ4v) is 1.34. The third-order valence-electron chi connectivity index (χ3n) is 1.90. The molecule has 5 heteroatoms. The van der Waals surface area contributed by atoms with Gasteiger partial charge in [0.15, 0.2) is 6.04 Å². The van der Waals surface area contributed by atoms with Crippen LogP contribution in [0.2, 0.25) is 0 Å². The van der Waals surface area contributed by atoms with Gasteiger partial charge in [0.25, 0.3) is 0 Å². The van der Waals surface area contributed by atoms with E-state index in [1.165, 1.54) is 0 Å².